The summed E-state index contributed by atoms with van der Waals surface area (Å²) in [6.45, 7) is 0. The van der Waals surface area contributed by atoms with Gasteiger partial charge in [0.25, 0.3) is 0 Å². The van der Waals surface area contributed by atoms with Crippen molar-refractivity contribution in [3.63, 3.8) is 0 Å². The standard InChI is InChI=1S/C15H10BrFN2/c16-14-13(10-4-2-1-3-5-10)18-15(19-14)11-6-8-12(17)9-7-11/h1-9H,(H,18,19). The molecule has 19 heavy (non-hydrogen) atoms. The van der Waals surface area contributed by atoms with Crippen LogP contribution in [0.15, 0.2) is 59.2 Å². The first-order valence-electron chi connectivity index (χ1n) is 5.81. The summed E-state index contributed by atoms with van der Waals surface area (Å²) in [5.41, 5.74) is 2.73. The van der Waals surface area contributed by atoms with Crippen molar-refractivity contribution in [3.8, 4) is 22.6 Å². The molecule has 0 amide bonds. The Morgan fingerprint density at radius 3 is 2.26 bits per heavy atom. The normalized spacial score (nSPS) is 10.6. The van der Waals surface area contributed by atoms with E-state index in [4.69, 9.17) is 0 Å². The molecule has 0 radical (unpaired) electrons. The van der Waals surface area contributed by atoms with Crippen molar-refractivity contribution in [1.29, 1.82) is 0 Å². The Morgan fingerprint density at radius 2 is 1.58 bits per heavy atom. The van der Waals surface area contributed by atoms with E-state index in [1.54, 1.807) is 12.1 Å². The van der Waals surface area contributed by atoms with Gasteiger partial charge in [0.2, 0.25) is 0 Å². The molecule has 1 N–H and O–H groups in total. The number of halogens is 2. The first-order valence-corrected chi connectivity index (χ1v) is 6.60. The highest BCUT2D eigenvalue weighted by Gasteiger charge is 2.11. The minimum Gasteiger partial charge on any atom is -0.332 e. The average Bonchev–Trinajstić information content (AvgIpc) is 2.83. The fourth-order valence-electron chi connectivity index (χ4n) is 1.88. The van der Waals surface area contributed by atoms with Gasteiger partial charge in [-0.05, 0) is 40.2 Å². The van der Waals surface area contributed by atoms with Crippen molar-refractivity contribution in [2.24, 2.45) is 0 Å². The highest BCUT2D eigenvalue weighted by molar-refractivity contribution is 9.10. The Morgan fingerprint density at radius 1 is 0.895 bits per heavy atom. The van der Waals surface area contributed by atoms with Crippen molar-refractivity contribution in [2.75, 3.05) is 0 Å². The van der Waals surface area contributed by atoms with Crippen LogP contribution in [0.25, 0.3) is 22.6 Å². The van der Waals surface area contributed by atoms with Crippen LogP contribution < -0.4 is 0 Å². The summed E-state index contributed by atoms with van der Waals surface area (Å²) in [6.07, 6.45) is 0. The molecule has 0 bridgehead atoms. The number of aromatic amines is 1. The van der Waals surface area contributed by atoms with Gasteiger partial charge in [0, 0.05) is 11.1 Å². The Bertz CT molecular complexity index is 690. The monoisotopic (exact) mass is 316 g/mol. The van der Waals surface area contributed by atoms with E-state index in [2.05, 4.69) is 25.9 Å². The van der Waals surface area contributed by atoms with Crippen molar-refractivity contribution in [1.82, 2.24) is 9.97 Å². The molecule has 2 nitrogen and oxygen atoms in total. The van der Waals surface area contributed by atoms with Crippen molar-refractivity contribution in [3.05, 3.63) is 65.0 Å². The zero-order valence-electron chi connectivity index (χ0n) is 9.90. The molecule has 2 aromatic carbocycles. The molecule has 0 aliphatic rings. The van der Waals surface area contributed by atoms with E-state index in [0.717, 1.165) is 21.4 Å². The van der Waals surface area contributed by atoms with Gasteiger partial charge in [-0.3, -0.25) is 0 Å². The Hall–Kier alpha value is -1.94. The number of H-pyrrole nitrogens is 1. The second-order valence-electron chi connectivity index (χ2n) is 4.12. The van der Waals surface area contributed by atoms with Crippen LogP contribution >= 0.6 is 15.9 Å². The summed E-state index contributed by atoms with van der Waals surface area (Å²) in [4.78, 5) is 7.72. The predicted octanol–water partition coefficient (Wildman–Crippen LogP) is 4.65. The highest BCUT2D eigenvalue weighted by atomic mass is 79.9. The lowest BCUT2D eigenvalue weighted by atomic mass is 10.2. The quantitative estimate of drug-likeness (QED) is 0.732. The molecule has 0 aliphatic heterocycles. The Labute approximate surface area is 118 Å². The van der Waals surface area contributed by atoms with Crippen LogP contribution in [-0.4, -0.2) is 9.97 Å². The smallest absolute Gasteiger partial charge is 0.138 e. The molecule has 1 heterocycles. The maximum Gasteiger partial charge on any atom is 0.138 e. The SMILES string of the molecule is Fc1ccc(-c2nc(-c3ccccc3)c(Br)[nH]2)cc1. The topological polar surface area (TPSA) is 28.7 Å². The van der Waals surface area contributed by atoms with Gasteiger partial charge < -0.3 is 4.98 Å². The molecule has 0 spiro atoms. The second kappa shape index (κ2) is 4.97. The predicted molar refractivity (Wildman–Crippen MR) is 77.1 cm³/mol. The molecule has 0 aliphatic carbocycles. The second-order valence-corrected chi connectivity index (χ2v) is 4.91. The third kappa shape index (κ3) is 2.44. The zero-order valence-corrected chi connectivity index (χ0v) is 11.5. The minimum atomic E-state index is -0.252. The molecule has 3 aromatic rings. The van der Waals surface area contributed by atoms with E-state index < -0.39 is 0 Å². The average molecular weight is 317 g/mol. The van der Waals surface area contributed by atoms with Gasteiger partial charge in [-0.15, -0.1) is 0 Å². The number of nitrogens with zero attached hydrogens (tertiary/aromatic N) is 1. The molecule has 0 saturated carbocycles. The molecule has 94 valence electrons. The third-order valence-electron chi connectivity index (χ3n) is 2.82. The number of benzene rings is 2. The van der Waals surface area contributed by atoms with E-state index >= 15 is 0 Å². The van der Waals surface area contributed by atoms with Gasteiger partial charge in [0.15, 0.2) is 0 Å². The molecule has 0 unspecified atom stereocenters. The summed E-state index contributed by atoms with van der Waals surface area (Å²) in [5.74, 6) is 0.461. The maximum atomic E-state index is 12.9. The summed E-state index contributed by atoms with van der Waals surface area (Å²) in [7, 11) is 0. The third-order valence-corrected chi connectivity index (χ3v) is 3.40. The van der Waals surface area contributed by atoms with E-state index in [1.165, 1.54) is 12.1 Å². The molecule has 1 aromatic heterocycles. The van der Waals surface area contributed by atoms with Crippen LogP contribution in [0, 0.1) is 5.82 Å². The molecular weight excluding hydrogens is 307 g/mol. The molecule has 0 atom stereocenters. The van der Waals surface area contributed by atoms with E-state index in [-0.39, 0.29) is 5.82 Å². The van der Waals surface area contributed by atoms with Gasteiger partial charge in [0.05, 0.1) is 0 Å². The van der Waals surface area contributed by atoms with E-state index in [9.17, 15) is 4.39 Å². The number of hydrogen-bond donors (Lipinski definition) is 1. The lowest BCUT2D eigenvalue weighted by molar-refractivity contribution is 0.628. The van der Waals surface area contributed by atoms with Crippen LogP contribution in [0.3, 0.4) is 0 Å². The van der Waals surface area contributed by atoms with Gasteiger partial charge in [0.1, 0.15) is 21.9 Å². The first kappa shape index (κ1) is 12.1. The van der Waals surface area contributed by atoms with Crippen LogP contribution in [0.2, 0.25) is 0 Å². The molecule has 0 fully saturated rings. The van der Waals surface area contributed by atoms with Gasteiger partial charge in [-0.2, -0.15) is 0 Å². The maximum absolute atomic E-state index is 12.9. The Kier molecular flexibility index (Phi) is 3.17. The first-order chi connectivity index (χ1) is 9.24. The summed E-state index contributed by atoms with van der Waals surface area (Å²) in [5, 5.41) is 0. The summed E-state index contributed by atoms with van der Waals surface area (Å²) >= 11 is 3.47. The van der Waals surface area contributed by atoms with Gasteiger partial charge in [-0.1, -0.05) is 30.3 Å². The van der Waals surface area contributed by atoms with Crippen molar-refractivity contribution >= 4 is 15.9 Å². The van der Waals surface area contributed by atoms with Gasteiger partial charge >= 0.3 is 0 Å². The number of hydrogen-bond acceptors (Lipinski definition) is 1. The largest absolute Gasteiger partial charge is 0.332 e. The molecule has 3 rings (SSSR count). The summed E-state index contributed by atoms with van der Waals surface area (Å²) in [6, 6.07) is 16.1. The molecular formula is C15H10BrFN2. The number of imidazole rings is 1. The zero-order chi connectivity index (χ0) is 13.2. The minimum absolute atomic E-state index is 0.252. The molecule has 4 heteroatoms. The van der Waals surface area contributed by atoms with Crippen LogP contribution in [0.4, 0.5) is 4.39 Å². The molecule has 0 saturated heterocycles. The van der Waals surface area contributed by atoms with E-state index in [0.29, 0.717) is 5.82 Å². The Balaban J connectivity index is 2.04. The summed E-state index contributed by atoms with van der Waals surface area (Å²) < 4.78 is 13.7. The fourth-order valence-corrected chi connectivity index (χ4v) is 2.39. The highest BCUT2D eigenvalue weighted by Crippen LogP contribution is 2.29. The van der Waals surface area contributed by atoms with Crippen molar-refractivity contribution in [2.45, 2.75) is 0 Å². The van der Waals surface area contributed by atoms with Crippen LogP contribution in [0.5, 0.6) is 0 Å². The van der Waals surface area contributed by atoms with E-state index in [1.807, 2.05) is 30.3 Å². The van der Waals surface area contributed by atoms with Crippen LogP contribution in [-0.2, 0) is 0 Å². The number of nitrogens with one attached hydrogen (secondary N) is 1. The van der Waals surface area contributed by atoms with Crippen molar-refractivity contribution < 1.29 is 4.39 Å². The lowest BCUT2D eigenvalue weighted by Gasteiger charge is -1.96. The number of rotatable bonds is 2. The number of aromatic nitrogens is 2. The van der Waals surface area contributed by atoms with Crippen LogP contribution in [0.1, 0.15) is 0 Å². The lowest BCUT2D eigenvalue weighted by Crippen LogP contribution is -1.81. The van der Waals surface area contributed by atoms with Gasteiger partial charge in [-0.25, -0.2) is 9.37 Å². The fraction of sp³-hybridized carbons (Fsp3) is 0.